The summed E-state index contributed by atoms with van der Waals surface area (Å²) in [5, 5.41) is 8.99. The van der Waals surface area contributed by atoms with Gasteiger partial charge in [-0.05, 0) is 36.5 Å². The Kier molecular flexibility index (Phi) is 4.31. The molecular formula is C15H27NO2. The average Bonchev–Trinajstić information content (AvgIpc) is 2.63. The Hall–Kier alpha value is -0.570. The maximum Gasteiger partial charge on any atom is 0.303 e. The van der Waals surface area contributed by atoms with Crippen molar-refractivity contribution < 1.29 is 9.90 Å². The second-order valence-electron chi connectivity index (χ2n) is 6.97. The van der Waals surface area contributed by atoms with E-state index in [0.29, 0.717) is 23.7 Å². The predicted octanol–water partition coefficient (Wildman–Crippen LogP) is 3.00. The van der Waals surface area contributed by atoms with Crippen LogP contribution in [0.4, 0.5) is 0 Å². The normalized spacial score (nSPS) is 24.4. The van der Waals surface area contributed by atoms with Gasteiger partial charge in [0.15, 0.2) is 0 Å². The molecule has 1 heterocycles. The molecule has 1 aliphatic carbocycles. The minimum absolute atomic E-state index is 0.334. The quantitative estimate of drug-likeness (QED) is 0.791. The highest BCUT2D eigenvalue weighted by Gasteiger charge is 2.44. The maximum atomic E-state index is 10.9. The molecule has 104 valence electrons. The summed E-state index contributed by atoms with van der Waals surface area (Å²) in [6, 6.07) is 0. The highest BCUT2D eigenvalue weighted by atomic mass is 16.4. The van der Waals surface area contributed by atoms with Crippen molar-refractivity contribution in [2.75, 3.05) is 19.6 Å². The van der Waals surface area contributed by atoms with Gasteiger partial charge in [-0.25, -0.2) is 0 Å². The smallest absolute Gasteiger partial charge is 0.303 e. The summed E-state index contributed by atoms with van der Waals surface area (Å²) in [6.07, 6.45) is 6.98. The summed E-state index contributed by atoms with van der Waals surface area (Å²) in [6.45, 7) is 7.81. The van der Waals surface area contributed by atoms with Crippen molar-refractivity contribution in [3.63, 3.8) is 0 Å². The fraction of sp³-hybridized carbons (Fsp3) is 0.933. The number of likely N-dealkylation sites (tertiary alicyclic amines) is 1. The van der Waals surface area contributed by atoms with Crippen LogP contribution in [0.5, 0.6) is 0 Å². The zero-order valence-corrected chi connectivity index (χ0v) is 11.8. The van der Waals surface area contributed by atoms with Crippen molar-refractivity contribution in [2.24, 2.45) is 17.3 Å². The van der Waals surface area contributed by atoms with Crippen LogP contribution in [0.2, 0.25) is 0 Å². The van der Waals surface area contributed by atoms with E-state index in [4.69, 9.17) is 5.11 Å². The van der Waals surface area contributed by atoms with E-state index in [9.17, 15) is 4.79 Å². The molecule has 2 fully saturated rings. The van der Waals surface area contributed by atoms with Gasteiger partial charge in [0, 0.05) is 26.1 Å². The molecule has 1 aliphatic heterocycles. The van der Waals surface area contributed by atoms with Gasteiger partial charge in [0.25, 0.3) is 0 Å². The van der Waals surface area contributed by atoms with Gasteiger partial charge in [0.05, 0.1) is 0 Å². The minimum Gasteiger partial charge on any atom is -0.481 e. The molecule has 0 aromatic rings. The zero-order valence-electron chi connectivity index (χ0n) is 11.8. The summed E-state index contributed by atoms with van der Waals surface area (Å²) in [5.74, 6) is 0.286. The van der Waals surface area contributed by atoms with Gasteiger partial charge in [-0.15, -0.1) is 0 Å². The van der Waals surface area contributed by atoms with Crippen molar-refractivity contribution in [1.82, 2.24) is 4.90 Å². The fourth-order valence-corrected chi connectivity index (χ4v) is 3.97. The minimum atomic E-state index is -0.642. The van der Waals surface area contributed by atoms with Gasteiger partial charge < -0.3 is 10.0 Å². The molecule has 1 saturated heterocycles. The van der Waals surface area contributed by atoms with Crippen LogP contribution in [0.1, 0.15) is 52.4 Å². The molecule has 1 N–H and O–H groups in total. The van der Waals surface area contributed by atoms with E-state index in [0.717, 1.165) is 13.0 Å². The third kappa shape index (κ3) is 3.47. The molecular weight excluding hydrogens is 226 g/mol. The Bertz CT molecular complexity index is 287. The average molecular weight is 253 g/mol. The van der Waals surface area contributed by atoms with Crippen LogP contribution in [-0.4, -0.2) is 35.6 Å². The van der Waals surface area contributed by atoms with E-state index in [2.05, 4.69) is 18.7 Å². The molecule has 1 atom stereocenters. The van der Waals surface area contributed by atoms with Crippen molar-refractivity contribution in [3.8, 4) is 0 Å². The van der Waals surface area contributed by atoms with E-state index in [1.54, 1.807) is 0 Å². The Morgan fingerprint density at radius 3 is 2.39 bits per heavy atom. The van der Waals surface area contributed by atoms with E-state index < -0.39 is 5.97 Å². The van der Waals surface area contributed by atoms with Gasteiger partial charge in [-0.2, -0.15) is 0 Å². The fourth-order valence-electron chi connectivity index (χ4n) is 3.97. The lowest BCUT2D eigenvalue weighted by atomic mass is 9.77. The summed E-state index contributed by atoms with van der Waals surface area (Å²) in [4.78, 5) is 13.4. The van der Waals surface area contributed by atoms with Crippen LogP contribution in [-0.2, 0) is 4.79 Å². The third-order valence-electron chi connectivity index (χ3n) is 4.57. The molecule has 1 saturated carbocycles. The topological polar surface area (TPSA) is 40.5 Å². The molecule has 1 unspecified atom stereocenters. The summed E-state index contributed by atoms with van der Waals surface area (Å²) in [5.41, 5.74) is 0.631. The first-order chi connectivity index (χ1) is 8.49. The number of nitrogens with zero attached hydrogens (tertiary/aromatic N) is 1. The van der Waals surface area contributed by atoms with Crippen molar-refractivity contribution in [3.05, 3.63) is 0 Å². The second-order valence-corrected chi connectivity index (χ2v) is 6.97. The number of carboxylic acids is 1. The Morgan fingerprint density at radius 1 is 1.28 bits per heavy atom. The van der Waals surface area contributed by atoms with Crippen LogP contribution < -0.4 is 0 Å². The molecule has 18 heavy (non-hydrogen) atoms. The number of hydrogen-bond acceptors (Lipinski definition) is 2. The molecule has 1 spiro atoms. The van der Waals surface area contributed by atoms with Crippen LogP contribution in [0.3, 0.4) is 0 Å². The summed E-state index contributed by atoms with van der Waals surface area (Å²) < 4.78 is 0. The molecule has 0 amide bonds. The number of hydrogen-bond donors (Lipinski definition) is 1. The van der Waals surface area contributed by atoms with Crippen LogP contribution >= 0.6 is 0 Å². The van der Waals surface area contributed by atoms with Gasteiger partial charge in [0.1, 0.15) is 0 Å². The van der Waals surface area contributed by atoms with Crippen molar-refractivity contribution in [2.45, 2.75) is 52.4 Å². The molecule has 0 aromatic carbocycles. The lowest BCUT2D eigenvalue weighted by Gasteiger charge is -2.49. The number of carboxylic acid groups (broad SMARTS) is 1. The van der Waals surface area contributed by atoms with E-state index in [1.807, 2.05) is 0 Å². The molecule has 3 nitrogen and oxygen atoms in total. The van der Waals surface area contributed by atoms with E-state index >= 15 is 0 Å². The van der Waals surface area contributed by atoms with Crippen molar-refractivity contribution >= 4 is 5.97 Å². The molecule has 2 aliphatic rings. The van der Waals surface area contributed by atoms with Gasteiger partial charge >= 0.3 is 5.97 Å². The molecule has 0 radical (unpaired) electrons. The Balaban J connectivity index is 1.77. The Morgan fingerprint density at radius 2 is 1.89 bits per heavy atom. The SMILES string of the molecule is CC(C)CC(CC(=O)O)CN1CC2(CCCC2)C1. The molecule has 0 bridgehead atoms. The number of rotatable bonds is 6. The number of aliphatic carboxylic acids is 1. The van der Waals surface area contributed by atoms with Crippen LogP contribution in [0.15, 0.2) is 0 Å². The van der Waals surface area contributed by atoms with E-state index in [1.165, 1.54) is 38.8 Å². The standard InChI is InChI=1S/C15H27NO2/c1-12(2)7-13(8-14(17)18)9-16-10-15(11-16)5-3-4-6-15/h12-13H,3-11H2,1-2H3,(H,17,18). The predicted molar refractivity (Wildman–Crippen MR) is 72.5 cm³/mol. The zero-order chi connectivity index (χ0) is 13.2. The monoisotopic (exact) mass is 253 g/mol. The third-order valence-corrected chi connectivity index (χ3v) is 4.57. The first kappa shape index (κ1) is 13.9. The lowest BCUT2D eigenvalue weighted by molar-refractivity contribution is -0.138. The first-order valence-corrected chi connectivity index (χ1v) is 7.43. The lowest BCUT2D eigenvalue weighted by Crippen LogP contribution is -2.56. The van der Waals surface area contributed by atoms with Gasteiger partial charge in [0.2, 0.25) is 0 Å². The van der Waals surface area contributed by atoms with Crippen LogP contribution in [0, 0.1) is 17.3 Å². The van der Waals surface area contributed by atoms with Gasteiger partial charge in [-0.3, -0.25) is 4.79 Å². The summed E-state index contributed by atoms with van der Waals surface area (Å²) >= 11 is 0. The maximum absolute atomic E-state index is 10.9. The van der Waals surface area contributed by atoms with Crippen LogP contribution in [0.25, 0.3) is 0 Å². The molecule has 0 aromatic heterocycles. The van der Waals surface area contributed by atoms with E-state index in [-0.39, 0.29) is 0 Å². The summed E-state index contributed by atoms with van der Waals surface area (Å²) in [7, 11) is 0. The first-order valence-electron chi connectivity index (χ1n) is 7.43. The van der Waals surface area contributed by atoms with Gasteiger partial charge in [-0.1, -0.05) is 26.7 Å². The highest BCUT2D eigenvalue weighted by Crippen LogP contribution is 2.45. The molecule has 2 rings (SSSR count). The Labute approximate surface area is 111 Å². The largest absolute Gasteiger partial charge is 0.481 e. The van der Waals surface area contributed by atoms with Crippen molar-refractivity contribution in [1.29, 1.82) is 0 Å². The highest BCUT2D eigenvalue weighted by molar-refractivity contribution is 5.67. The number of carbonyl (C=O) groups is 1. The second kappa shape index (κ2) is 5.60. The molecule has 3 heteroatoms.